The summed E-state index contributed by atoms with van der Waals surface area (Å²) < 4.78 is 0. The van der Waals surface area contributed by atoms with E-state index in [1.54, 1.807) is 0 Å². The summed E-state index contributed by atoms with van der Waals surface area (Å²) in [5.41, 5.74) is 11.7. The van der Waals surface area contributed by atoms with Gasteiger partial charge in [-0.3, -0.25) is 0 Å². The van der Waals surface area contributed by atoms with E-state index in [1.807, 2.05) is 0 Å². The fourth-order valence-electron chi connectivity index (χ4n) is 1.55. The second-order valence-corrected chi connectivity index (χ2v) is 4.74. The lowest BCUT2D eigenvalue weighted by molar-refractivity contribution is 0.324. The average Bonchev–Trinajstić information content (AvgIpc) is 2.14. The Balaban J connectivity index is 3.60. The predicted molar refractivity (Wildman–Crippen MR) is 63.9 cm³/mol. The van der Waals surface area contributed by atoms with Crippen LogP contribution in [0.1, 0.15) is 65.7 Å². The van der Waals surface area contributed by atoms with Crippen molar-refractivity contribution in [3.05, 3.63) is 0 Å². The molecule has 4 N–H and O–H groups in total. The highest BCUT2D eigenvalue weighted by Crippen LogP contribution is 2.17. The fourth-order valence-corrected chi connectivity index (χ4v) is 1.55. The van der Waals surface area contributed by atoms with Crippen LogP contribution in [-0.2, 0) is 0 Å². The summed E-state index contributed by atoms with van der Waals surface area (Å²) in [4.78, 5) is 0. The second-order valence-electron chi connectivity index (χ2n) is 4.74. The van der Waals surface area contributed by atoms with E-state index in [4.69, 9.17) is 11.5 Å². The zero-order valence-corrected chi connectivity index (χ0v) is 10.2. The quantitative estimate of drug-likeness (QED) is 0.467. The number of nitrogens with two attached hydrogens (primary N) is 2. The van der Waals surface area contributed by atoms with Gasteiger partial charge in [0, 0.05) is 0 Å². The van der Waals surface area contributed by atoms with Crippen molar-refractivity contribution in [1.29, 1.82) is 0 Å². The summed E-state index contributed by atoms with van der Waals surface area (Å²) in [6.07, 6.45) is 7.98. The van der Waals surface area contributed by atoms with E-state index < -0.39 is 5.66 Å². The van der Waals surface area contributed by atoms with E-state index in [0.29, 0.717) is 0 Å². The molecular weight excluding hydrogens is 172 g/mol. The van der Waals surface area contributed by atoms with E-state index >= 15 is 0 Å². The molecule has 2 nitrogen and oxygen atoms in total. The molecule has 14 heavy (non-hydrogen) atoms. The van der Waals surface area contributed by atoms with Crippen molar-refractivity contribution >= 4 is 0 Å². The van der Waals surface area contributed by atoms with Crippen molar-refractivity contribution < 1.29 is 0 Å². The fraction of sp³-hybridized carbons (Fsp3) is 1.00. The molecule has 0 saturated carbocycles. The van der Waals surface area contributed by atoms with Gasteiger partial charge in [-0.15, -0.1) is 0 Å². The van der Waals surface area contributed by atoms with E-state index in [2.05, 4.69) is 20.8 Å². The highest BCUT2D eigenvalue weighted by atomic mass is 14.9. The van der Waals surface area contributed by atoms with Gasteiger partial charge in [-0.25, -0.2) is 0 Å². The Morgan fingerprint density at radius 1 is 1.07 bits per heavy atom. The number of rotatable bonds is 8. The van der Waals surface area contributed by atoms with Gasteiger partial charge in [-0.05, 0) is 25.2 Å². The molecule has 0 bridgehead atoms. The summed E-state index contributed by atoms with van der Waals surface area (Å²) in [6.45, 7) is 6.69. The summed E-state index contributed by atoms with van der Waals surface area (Å²) in [5.74, 6) is 0.757. The lowest BCUT2D eigenvalue weighted by Gasteiger charge is -2.25. The molecule has 2 heteroatoms. The maximum atomic E-state index is 6.04. The number of hydrogen-bond donors (Lipinski definition) is 2. The van der Waals surface area contributed by atoms with Crippen molar-refractivity contribution in [2.24, 2.45) is 17.4 Å². The standard InChI is InChI=1S/C12H28N2/c1-4-6-7-9-12(13,14)10-8-11(3)5-2/h11H,4-10,13-14H2,1-3H3. The Kier molecular flexibility index (Phi) is 7.20. The van der Waals surface area contributed by atoms with Crippen molar-refractivity contribution in [2.45, 2.75) is 71.4 Å². The minimum Gasteiger partial charge on any atom is -0.313 e. The Bertz CT molecular complexity index is 132. The maximum Gasteiger partial charge on any atom is 0.0636 e. The third-order valence-corrected chi connectivity index (χ3v) is 3.05. The maximum absolute atomic E-state index is 6.04. The molecule has 0 aromatic heterocycles. The van der Waals surface area contributed by atoms with Gasteiger partial charge in [0.25, 0.3) is 0 Å². The molecule has 0 aliphatic rings. The smallest absolute Gasteiger partial charge is 0.0636 e. The van der Waals surface area contributed by atoms with Crippen LogP contribution in [0.3, 0.4) is 0 Å². The molecule has 0 aliphatic carbocycles. The molecule has 0 heterocycles. The molecule has 0 aromatic rings. The minimum atomic E-state index is -0.418. The molecule has 0 amide bonds. The summed E-state index contributed by atoms with van der Waals surface area (Å²) in [7, 11) is 0. The molecule has 0 rings (SSSR count). The molecule has 86 valence electrons. The first kappa shape index (κ1) is 13.9. The van der Waals surface area contributed by atoms with Crippen LogP contribution in [0, 0.1) is 5.92 Å². The minimum absolute atomic E-state index is 0.418. The molecule has 1 unspecified atom stereocenters. The lowest BCUT2D eigenvalue weighted by Crippen LogP contribution is -2.49. The Hall–Kier alpha value is -0.0800. The Labute approximate surface area is 89.4 Å². The van der Waals surface area contributed by atoms with Gasteiger partial charge in [-0.2, -0.15) is 0 Å². The first-order valence-electron chi connectivity index (χ1n) is 6.09. The van der Waals surface area contributed by atoms with Crippen LogP contribution in [0.25, 0.3) is 0 Å². The largest absolute Gasteiger partial charge is 0.313 e. The highest BCUT2D eigenvalue weighted by molar-refractivity contribution is 4.77. The SMILES string of the molecule is CCCCCC(N)(N)CCC(C)CC. The van der Waals surface area contributed by atoms with Crippen LogP contribution in [0.15, 0.2) is 0 Å². The Morgan fingerprint density at radius 2 is 1.71 bits per heavy atom. The van der Waals surface area contributed by atoms with E-state index in [9.17, 15) is 0 Å². The van der Waals surface area contributed by atoms with Crippen LogP contribution >= 0.6 is 0 Å². The van der Waals surface area contributed by atoms with E-state index in [1.165, 1.54) is 25.7 Å². The van der Waals surface area contributed by atoms with Crippen molar-refractivity contribution in [3.8, 4) is 0 Å². The highest BCUT2D eigenvalue weighted by Gasteiger charge is 2.18. The molecule has 0 aliphatic heterocycles. The average molecular weight is 200 g/mol. The second kappa shape index (κ2) is 7.24. The van der Waals surface area contributed by atoms with Gasteiger partial charge in [0.15, 0.2) is 0 Å². The van der Waals surface area contributed by atoms with Gasteiger partial charge in [-0.1, -0.05) is 46.5 Å². The van der Waals surface area contributed by atoms with Crippen molar-refractivity contribution in [2.75, 3.05) is 0 Å². The molecular formula is C12H28N2. The van der Waals surface area contributed by atoms with Crippen molar-refractivity contribution in [1.82, 2.24) is 0 Å². The molecule has 0 fully saturated rings. The molecule has 0 spiro atoms. The lowest BCUT2D eigenvalue weighted by atomic mass is 9.93. The Morgan fingerprint density at radius 3 is 2.21 bits per heavy atom. The predicted octanol–water partition coefficient (Wildman–Crippen LogP) is 3.01. The van der Waals surface area contributed by atoms with Gasteiger partial charge in [0.2, 0.25) is 0 Å². The zero-order valence-electron chi connectivity index (χ0n) is 10.2. The molecule has 0 radical (unpaired) electrons. The summed E-state index contributed by atoms with van der Waals surface area (Å²) in [6, 6.07) is 0. The van der Waals surface area contributed by atoms with Crippen LogP contribution in [0.4, 0.5) is 0 Å². The van der Waals surface area contributed by atoms with Crippen LogP contribution in [-0.4, -0.2) is 5.66 Å². The topological polar surface area (TPSA) is 52.0 Å². The van der Waals surface area contributed by atoms with Gasteiger partial charge < -0.3 is 11.5 Å². The van der Waals surface area contributed by atoms with E-state index in [-0.39, 0.29) is 0 Å². The third-order valence-electron chi connectivity index (χ3n) is 3.05. The first-order valence-corrected chi connectivity index (χ1v) is 6.09. The number of unbranched alkanes of at least 4 members (excludes halogenated alkanes) is 2. The van der Waals surface area contributed by atoms with Gasteiger partial charge >= 0.3 is 0 Å². The van der Waals surface area contributed by atoms with E-state index in [0.717, 1.165) is 25.2 Å². The summed E-state index contributed by atoms with van der Waals surface area (Å²) >= 11 is 0. The summed E-state index contributed by atoms with van der Waals surface area (Å²) in [5, 5.41) is 0. The van der Waals surface area contributed by atoms with Gasteiger partial charge in [0.1, 0.15) is 0 Å². The van der Waals surface area contributed by atoms with Gasteiger partial charge in [0.05, 0.1) is 5.66 Å². The normalized spacial score (nSPS) is 14.4. The zero-order chi connectivity index (χ0) is 11.0. The molecule has 0 saturated heterocycles. The first-order chi connectivity index (χ1) is 6.52. The number of hydrogen-bond acceptors (Lipinski definition) is 2. The van der Waals surface area contributed by atoms with Crippen molar-refractivity contribution in [3.63, 3.8) is 0 Å². The molecule has 0 aromatic carbocycles. The van der Waals surface area contributed by atoms with Crippen LogP contribution in [0.5, 0.6) is 0 Å². The third kappa shape index (κ3) is 7.34. The van der Waals surface area contributed by atoms with Crippen LogP contribution < -0.4 is 11.5 Å². The monoisotopic (exact) mass is 200 g/mol. The molecule has 1 atom stereocenters. The van der Waals surface area contributed by atoms with Crippen LogP contribution in [0.2, 0.25) is 0 Å².